The zero-order valence-corrected chi connectivity index (χ0v) is 21.6. The van der Waals surface area contributed by atoms with Crippen LogP contribution >= 0.6 is 0 Å². The summed E-state index contributed by atoms with van der Waals surface area (Å²) in [6.45, 7) is 18.7. The number of carboxylic acids is 1. The molecule has 2 N–H and O–H groups in total. The van der Waals surface area contributed by atoms with Crippen LogP contribution in [0, 0.1) is 11.3 Å². The van der Waals surface area contributed by atoms with E-state index in [1.54, 1.807) is 17.9 Å². The zero-order chi connectivity index (χ0) is 24.8. The Morgan fingerprint density at radius 1 is 1.16 bits per heavy atom. The predicted octanol–water partition coefficient (Wildman–Crippen LogP) is 3.68. The van der Waals surface area contributed by atoms with E-state index in [0.717, 1.165) is 25.8 Å². The van der Waals surface area contributed by atoms with Crippen LogP contribution in [-0.4, -0.2) is 69.9 Å². The summed E-state index contributed by atoms with van der Waals surface area (Å²) < 4.78 is 0. The number of aliphatic carboxylic acids is 1. The van der Waals surface area contributed by atoms with E-state index in [4.69, 9.17) is 0 Å². The van der Waals surface area contributed by atoms with Crippen molar-refractivity contribution in [1.82, 2.24) is 15.1 Å². The SMILES string of the molecule is CCN(C(=O)[C@@H](NC(=O)[C@H]1CCCCN1C(C)C)C(C)(C)C)[C@H](C=C(C)C(=O)O)C(C)C. The van der Waals surface area contributed by atoms with Gasteiger partial charge < -0.3 is 15.3 Å². The Morgan fingerprint density at radius 2 is 1.75 bits per heavy atom. The number of likely N-dealkylation sites (tertiary alicyclic amines) is 1. The van der Waals surface area contributed by atoms with Gasteiger partial charge in [0.05, 0.1) is 12.1 Å². The Bertz CT molecular complexity index is 694. The van der Waals surface area contributed by atoms with E-state index in [1.807, 2.05) is 41.5 Å². The van der Waals surface area contributed by atoms with E-state index in [2.05, 4.69) is 24.1 Å². The lowest BCUT2D eigenvalue weighted by Gasteiger charge is -2.41. The van der Waals surface area contributed by atoms with Gasteiger partial charge in [-0.05, 0) is 58.4 Å². The molecule has 0 aromatic heterocycles. The molecular weight excluding hydrogens is 406 g/mol. The Morgan fingerprint density at radius 3 is 2.19 bits per heavy atom. The highest BCUT2D eigenvalue weighted by Gasteiger charge is 2.40. The smallest absolute Gasteiger partial charge is 0.331 e. The summed E-state index contributed by atoms with van der Waals surface area (Å²) in [6, 6.07) is -1.04. The molecule has 7 heteroatoms. The number of rotatable bonds is 9. The van der Waals surface area contributed by atoms with Gasteiger partial charge in [0.1, 0.15) is 6.04 Å². The number of hydrogen-bond donors (Lipinski definition) is 2. The van der Waals surface area contributed by atoms with Crippen LogP contribution in [0.25, 0.3) is 0 Å². The van der Waals surface area contributed by atoms with Crippen molar-refractivity contribution in [1.29, 1.82) is 0 Å². The molecule has 1 saturated heterocycles. The average molecular weight is 452 g/mol. The molecule has 0 aliphatic carbocycles. The van der Waals surface area contributed by atoms with Gasteiger partial charge in [-0.1, -0.05) is 47.1 Å². The molecule has 184 valence electrons. The second-order valence-corrected chi connectivity index (χ2v) is 10.7. The molecule has 1 aliphatic heterocycles. The van der Waals surface area contributed by atoms with Gasteiger partial charge in [0.15, 0.2) is 0 Å². The first-order chi connectivity index (χ1) is 14.7. The van der Waals surface area contributed by atoms with Crippen LogP contribution in [0.4, 0.5) is 0 Å². The van der Waals surface area contributed by atoms with Crippen molar-refractivity contribution in [2.24, 2.45) is 11.3 Å². The second kappa shape index (κ2) is 11.8. The van der Waals surface area contributed by atoms with Gasteiger partial charge in [0, 0.05) is 18.2 Å². The molecule has 7 nitrogen and oxygen atoms in total. The quantitative estimate of drug-likeness (QED) is 0.522. The highest BCUT2D eigenvalue weighted by atomic mass is 16.4. The molecule has 0 unspecified atom stereocenters. The standard InChI is InChI=1S/C25H45N3O4/c1-10-27(20(16(2)3)15-18(6)24(31)32)23(30)21(25(7,8)9)26-22(29)19-13-11-12-14-28(19)17(4)5/h15-17,19-21H,10-14H2,1-9H3,(H,26,29)(H,31,32)/t19-,20-,21-/m1/s1. The van der Waals surface area contributed by atoms with Gasteiger partial charge >= 0.3 is 5.97 Å². The summed E-state index contributed by atoms with van der Waals surface area (Å²) in [5.41, 5.74) is -0.286. The first kappa shape index (κ1) is 28.1. The maximum Gasteiger partial charge on any atom is 0.331 e. The number of piperidine rings is 1. The fraction of sp³-hybridized carbons (Fsp3) is 0.800. The molecule has 2 amide bonds. The number of carboxylic acid groups (broad SMARTS) is 1. The Hall–Kier alpha value is -1.89. The number of amides is 2. The van der Waals surface area contributed by atoms with E-state index in [1.165, 1.54) is 0 Å². The zero-order valence-electron chi connectivity index (χ0n) is 21.6. The monoisotopic (exact) mass is 451 g/mol. The predicted molar refractivity (Wildman–Crippen MR) is 128 cm³/mol. The van der Waals surface area contributed by atoms with Crippen molar-refractivity contribution >= 4 is 17.8 Å². The summed E-state index contributed by atoms with van der Waals surface area (Å²) in [5.74, 6) is -1.24. The minimum atomic E-state index is -0.995. The number of carbonyl (C=O) groups is 3. The van der Waals surface area contributed by atoms with Crippen molar-refractivity contribution in [2.45, 2.75) is 106 Å². The molecular formula is C25H45N3O4. The van der Waals surface area contributed by atoms with E-state index in [0.29, 0.717) is 6.54 Å². The van der Waals surface area contributed by atoms with E-state index in [9.17, 15) is 19.5 Å². The molecule has 32 heavy (non-hydrogen) atoms. The van der Waals surface area contributed by atoms with Crippen LogP contribution in [0.1, 0.15) is 81.6 Å². The number of nitrogens with zero attached hydrogens (tertiary/aromatic N) is 2. The minimum Gasteiger partial charge on any atom is -0.478 e. The lowest BCUT2D eigenvalue weighted by atomic mass is 9.84. The van der Waals surface area contributed by atoms with E-state index >= 15 is 0 Å². The third kappa shape index (κ3) is 7.32. The number of hydrogen-bond acceptors (Lipinski definition) is 4. The summed E-state index contributed by atoms with van der Waals surface area (Å²) in [5, 5.41) is 12.4. The topological polar surface area (TPSA) is 90.0 Å². The highest BCUT2D eigenvalue weighted by molar-refractivity contribution is 5.91. The molecule has 0 radical (unpaired) electrons. The van der Waals surface area contributed by atoms with Gasteiger partial charge in [0.2, 0.25) is 11.8 Å². The van der Waals surface area contributed by atoms with Crippen molar-refractivity contribution in [3.05, 3.63) is 11.6 Å². The molecule has 0 bridgehead atoms. The summed E-state index contributed by atoms with van der Waals surface area (Å²) in [7, 11) is 0. The average Bonchev–Trinajstić information content (AvgIpc) is 2.69. The van der Waals surface area contributed by atoms with Crippen LogP contribution in [0.5, 0.6) is 0 Å². The number of likely N-dealkylation sites (N-methyl/N-ethyl adjacent to an activating group) is 1. The summed E-state index contributed by atoms with van der Waals surface area (Å²) >= 11 is 0. The van der Waals surface area contributed by atoms with Crippen molar-refractivity contribution in [3.8, 4) is 0 Å². The van der Waals surface area contributed by atoms with Gasteiger partial charge in [-0.15, -0.1) is 0 Å². The third-order valence-electron chi connectivity index (χ3n) is 6.33. The molecule has 1 fully saturated rings. The molecule has 3 atom stereocenters. The third-order valence-corrected chi connectivity index (χ3v) is 6.33. The molecule has 0 spiro atoms. The lowest BCUT2D eigenvalue weighted by molar-refractivity contribution is -0.143. The van der Waals surface area contributed by atoms with Crippen LogP contribution < -0.4 is 5.32 Å². The number of nitrogens with one attached hydrogen (secondary N) is 1. The molecule has 0 aromatic rings. The van der Waals surface area contributed by atoms with Crippen molar-refractivity contribution in [3.63, 3.8) is 0 Å². The van der Waals surface area contributed by atoms with Gasteiger partial charge in [-0.3, -0.25) is 14.5 Å². The summed E-state index contributed by atoms with van der Waals surface area (Å²) in [4.78, 5) is 42.4. The highest BCUT2D eigenvalue weighted by Crippen LogP contribution is 2.26. The van der Waals surface area contributed by atoms with E-state index < -0.39 is 17.4 Å². The van der Waals surface area contributed by atoms with Crippen LogP contribution in [-0.2, 0) is 14.4 Å². The lowest BCUT2D eigenvalue weighted by Crippen LogP contribution is -2.61. The maximum absolute atomic E-state index is 13.8. The first-order valence-corrected chi connectivity index (χ1v) is 12.0. The Labute approximate surface area is 194 Å². The largest absolute Gasteiger partial charge is 0.478 e. The van der Waals surface area contributed by atoms with Crippen molar-refractivity contribution in [2.75, 3.05) is 13.1 Å². The normalized spacial score (nSPS) is 20.2. The molecule has 1 aliphatic rings. The fourth-order valence-electron chi connectivity index (χ4n) is 4.39. The van der Waals surface area contributed by atoms with Gasteiger partial charge in [-0.2, -0.15) is 0 Å². The maximum atomic E-state index is 13.8. The molecule has 1 rings (SSSR count). The molecule has 1 heterocycles. The number of carbonyl (C=O) groups excluding carboxylic acids is 2. The molecule has 0 saturated carbocycles. The summed E-state index contributed by atoms with van der Waals surface area (Å²) in [6.07, 6.45) is 4.53. The second-order valence-electron chi connectivity index (χ2n) is 10.7. The Balaban J connectivity index is 3.24. The van der Waals surface area contributed by atoms with E-state index in [-0.39, 0.29) is 41.4 Å². The van der Waals surface area contributed by atoms with Gasteiger partial charge in [-0.25, -0.2) is 4.79 Å². The van der Waals surface area contributed by atoms with Gasteiger partial charge in [0.25, 0.3) is 0 Å². The minimum absolute atomic E-state index is 0.0271. The first-order valence-electron chi connectivity index (χ1n) is 12.0. The van der Waals surface area contributed by atoms with Crippen LogP contribution in [0.15, 0.2) is 11.6 Å². The molecule has 0 aromatic carbocycles. The van der Waals surface area contributed by atoms with Crippen molar-refractivity contribution < 1.29 is 19.5 Å². The fourth-order valence-corrected chi connectivity index (χ4v) is 4.39. The van der Waals surface area contributed by atoms with Crippen LogP contribution in [0.3, 0.4) is 0 Å². The van der Waals surface area contributed by atoms with Crippen LogP contribution in [0.2, 0.25) is 0 Å². The Kier molecular flexibility index (Phi) is 10.4.